The molecule has 0 aliphatic carbocycles. The fourth-order valence-electron chi connectivity index (χ4n) is 4.30. The van der Waals surface area contributed by atoms with Gasteiger partial charge in [0.1, 0.15) is 0 Å². The molecule has 0 spiro atoms. The van der Waals surface area contributed by atoms with Crippen molar-refractivity contribution in [1.82, 2.24) is 14.7 Å². The normalized spacial score (nSPS) is 17.6. The molecule has 0 unspecified atom stereocenters. The van der Waals surface area contributed by atoms with Gasteiger partial charge in [-0.1, -0.05) is 30.3 Å². The van der Waals surface area contributed by atoms with Gasteiger partial charge in [-0.3, -0.25) is 9.58 Å². The minimum Gasteiger partial charge on any atom is -0.478 e. The Balaban J connectivity index is 1.63. The van der Waals surface area contributed by atoms with E-state index in [1.807, 2.05) is 0 Å². The molecule has 0 radical (unpaired) electrons. The molecule has 3 rings (SSSR count). The lowest BCUT2D eigenvalue weighted by molar-refractivity contribution is -0.131. The van der Waals surface area contributed by atoms with Crippen LogP contribution in [0.25, 0.3) is 0 Å². The second kappa shape index (κ2) is 9.20. The first kappa shape index (κ1) is 20.3. The molecule has 1 aliphatic rings. The summed E-state index contributed by atoms with van der Waals surface area (Å²) in [6, 6.07) is 9.14. The van der Waals surface area contributed by atoms with Crippen LogP contribution in [0.4, 0.5) is 0 Å². The van der Waals surface area contributed by atoms with Crippen molar-refractivity contribution in [3.05, 3.63) is 64.5 Å². The number of benzene rings is 1. The van der Waals surface area contributed by atoms with Gasteiger partial charge in [-0.05, 0) is 69.7 Å². The third-order valence-electron chi connectivity index (χ3n) is 5.82. The summed E-state index contributed by atoms with van der Waals surface area (Å²) >= 11 is 0. The Morgan fingerprint density at radius 2 is 2.04 bits per heavy atom. The van der Waals surface area contributed by atoms with Crippen LogP contribution in [0.15, 0.2) is 36.4 Å². The summed E-state index contributed by atoms with van der Waals surface area (Å²) in [6.07, 6.45) is 7.04. The number of rotatable bonds is 8. The zero-order valence-corrected chi connectivity index (χ0v) is 17.2. The molecular formula is C23H31N3O2. The molecule has 2 aromatic rings. The largest absolute Gasteiger partial charge is 0.478 e. The number of carboxylic acid groups (broad SMARTS) is 1. The van der Waals surface area contributed by atoms with E-state index in [0.717, 1.165) is 37.3 Å². The average Bonchev–Trinajstić information content (AvgIpc) is 3.24. The zero-order valence-electron chi connectivity index (χ0n) is 17.2. The minimum atomic E-state index is -0.895. The highest BCUT2D eigenvalue weighted by atomic mass is 16.4. The molecule has 0 saturated carbocycles. The number of hydrogen-bond acceptors (Lipinski definition) is 3. The minimum absolute atomic E-state index is 0.477. The molecule has 2 heterocycles. The van der Waals surface area contributed by atoms with Crippen molar-refractivity contribution in [2.24, 2.45) is 0 Å². The predicted molar refractivity (Wildman–Crippen MR) is 112 cm³/mol. The summed E-state index contributed by atoms with van der Waals surface area (Å²) in [7, 11) is 0. The van der Waals surface area contributed by atoms with Crippen LogP contribution < -0.4 is 0 Å². The fourth-order valence-corrected chi connectivity index (χ4v) is 4.30. The van der Waals surface area contributed by atoms with E-state index in [1.165, 1.54) is 35.7 Å². The molecule has 5 nitrogen and oxygen atoms in total. The van der Waals surface area contributed by atoms with E-state index in [0.29, 0.717) is 12.5 Å². The lowest BCUT2D eigenvalue weighted by Gasteiger charge is -2.25. The lowest BCUT2D eigenvalue weighted by atomic mass is 10.0. The molecule has 0 amide bonds. The number of aromatic nitrogens is 2. The van der Waals surface area contributed by atoms with Crippen LogP contribution in [0.3, 0.4) is 0 Å². The SMILES string of the molecule is CCn1nc(C)c(CCN2CCC[C@H]2c2ccc(C/C=C/C(=O)O)cc2)c1C. The maximum Gasteiger partial charge on any atom is 0.327 e. The first-order valence-corrected chi connectivity index (χ1v) is 10.2. The van der Waals surface area contributed by atoms with Crippen LogP contribution in [0.1, 0.15) is 53.9 Å². The van der Waals surface area contributed by atoms with E-state index < -0.39 is 5.97 Å². The Morgan fingerprint density at radius 1 is 1.29 bits per heavy atom. The summed E-state index contributed by atoms with van der Waals surface area (Å²) in [5.74, 6) is -0.895. The molecule has 150 valence electrons. The number of nitrogens with zero attached hydrogens (tertiary/aromatic N) is 3. The van der Waals surface area contributed by atoms with E-state index in [9.17, 15) is 4.79 Å². The van der Waals surface area contributed by atoms with Crippen molar-refractivity contribution >= 4 is 5.97 Å². The second-order valence-corrected chi connectivity index (χ2v) is 7.60. The van der Waals surface area contributed by atoms with Crippen LogP contribution in [-0.2, 0) is 24.2 Å². The average molecular weight is 382 g/mol. The van der Waals surface area contributed by atoms with Gasteiger partial charge in [0, 0.05) is 30.9 Å². The van der Waals surface area contributed by atoms with Gasteiger partial charge in [-0.2, -0.15) is 5.10 Å². The van der Waals surface area contributed by atoms with E-state index in [-0.39, 0.29) is 0 Å². The van der Waals surface area contributed by atoms with Gasteiger partial charge < -0.3 is 5.11 Å². The molecule has 28 heavy (non-hydrogen) atoms. The number of aliphatic carboxylic acids is 1. The van der Waals surface area contributed by atoms with Crippen molar-refractivity contribution in [2.45, 2.75) is 59.0 Å². The second-order valence-electron chi connectivity index (χ2n) is 7.60. The number of hydrogen-bond donors (Lipinski definition) is 1. The van der Waals surface area contributed by atoms with Crippen molar-refractivity contribution in [2.75, 3.05) is 13.1 Å². The lowest BCUT2D eigenvalue weighted by Crippen LogP contribution is -2.26. The van der Waals surface area contributed by atoms with E-state index in [4.69, 9.17) is 5.11 Å². The smallest absolute Gasteiger partial charge is 0.327 e. The first-order chi connectivity index (χ1) is 13.5. The van der Waals surface area contributed by atoms with Gasteiger partial charge in [0.15, 0.2) is 0 Å². The van der Waals surface area contributed by atoms with Crippen LogP contribution in [0.2, 0.25) is 0 Å². The molecule has 0 bridgehead atoms. The number of likely N-dealkylation sites (tertiary alicyclic amines) is 1. The van der Waals surface area contributed by atoms with Crippen LogP contribution in [0.5, 0.6) is 0 Å². The van der Waals surface area contributed by atoms with Gasteiger partial charge in [-0.25, -0.2) is 4.79 Å². The Labute approximate surface area is 167 Å². The Kier molecular flexibility index (Phi) is 6.68. The van der Waals surface area contributed by atoms with Gasteiger partial charge in [0.25, 0.3) is 0 Å². The van der Waals surface area contributed by atoms with Gasteiger partial charge in [0.2, 0.25) is 0 Å². The molecule has 1 aliphatic heterocycles. The molecule has 1 aromatic carbocycles. The summed E-state index contributed by atoms with van der Waals surface area (Å²) < 4.78 is 2.10. The Bertz CT molecular complexity index is 836. The van der Waals surface area contributed by atoms with E-state index >= 15 is 0 Å². The monoisotopic (exact) mass is 381 g/mol. The van der Waals surface area contributed by atoms with Crippen molar-refractivity contribution in [3.63, 3.8) is 0 Å². The Hall–Kier alpha value is -2.40. The fraction of sp³-hybridized carbons (Fsp3) is 0.478. The van der Waals surface area contributed by atoms with Crippen molar-refractivity contribution in [1.29, 1.82) is 0 Å². The van der Waals surface area contributed by atoms with Crippen LogP contribution >= 0.6 is 0 Å². The molecule has 1 saturated heterocycles. The highest BCUT2D eigenvalue weighted by molar-refractivity contribution is 5.79. The number of aryl methyl sites for hydroxylation is 2. The van der Waals surface area contributed by atoms with Crippen LogP contribution in [-0.4, -0.2) is 38.8 Å². The van der Waals surface area contributed by atoms with E-state index in [1.54, 1.807) is 6.08 Å². The summed E-state index contributed by atoms with van der Waals surface area (Å²) in [6.45, 7) is 9.57. The topological polar surface area (TPSA) is 58.4 Å². The predicted octanol–water partition coefficient (Wildman–Crippen LogP) is 4.08. The van der Waals surface area contributed by atoms with Gasteiger partial charge >= 0.3 is 5.97 Å². The zero-order chi connectivity index (χ0) is 20.1. The maximum absolute atomic E-state index is 10.6. The number of carbonyl (C=O) groups is 1. The molecule has 1 atom stereocenters. The maximum atomic E-state index is 10.6. The van der Waals surface area contributed by atoms with Gasteiger partial charge in [0.05, 0.1) is 5.69 Å². The molecule has 1 N–H and O–H groups in total. The molecule has 1 aromatic heterocycles. The molecule has 5 heteroatoms. The third kappa shape index (κ3) is 4.71. The molecule has 1 fully saturated rings. The third-order valence-corrected chi connectivity index (χ3v) is 5.82. The van der Waals surface area contributed by atoms with Gasteiger partial charge in [-0.15, -0.1) is 0 Å². The highest BCUT2D eigenvalue weighted by Crippen LogP contribution is 2.32. The summed E-state index contributed by atoms with van der Waals surface area (Å²) in [5.41, 5.74) is 6.36. The Morgan fingerprint density at radius 3 is 2.68 bits per heavy atom. The standard InChI is InChI=1S/C23H31N3O2/c1-4-26-18(3)21(17(2)24-26)14-16-25-15-6-8-22(25)20-12-10-19(11-13-20)7-5-9-23(27)28/h5,9-13,22H,4,6-8,14-16H2,1-3H3,(H,27,28)/b9-5+/t22-/m0/s1. The van der Waals surface area contributed by atoms with Crippen LogP contribution in [0, 0.1) is 13.8 Å². The summed E-state index contributed by atoms with van der Waals surface area (Å²) in [4.78, 5) is 13.2. The van der Waals surface area contributed by atoms with E-state index in [2.05, 4.69) is 59.7 Å². The van der Waals surface area contributed by atoms with Crippen molar-refractivity contribution in [3.8, 4) is 0 Å². The summed E-state index contributed by atoms with van der Waals surface area (Å²) in [5, 5.41) is 13.3. The number of carboxylic acids is 1. The highest BCUT2D eigenvalue weighted by Gasteiger charge is 2.26. The first-order valence-electron chi connectivity index (χ1n) is 10.2. The number of allylic oxidation sites excluding steroid dienone is 1. The van der Waals surface area contributed by atoms with Crippen molar-refractivity contribution < 1.29 is 9.90 Å². The molecular weight excluding hydrogens is 350 g/mol. The quantitative estimate of drug-likeness (QED) is 0.700.